The number of esters is 1. The molecule has 0 unspecified atom stereocenters. The molecule has 0 amide bonds. The molecule has 1 heterocycles. The lowest BCUT2D eigenvalue weighted by molar-refractivity contribution is -0.135. The molecule has 0 radical (unpaired) electrons. The van der Waals surface area contributed by atoms with Crippen LogP contribution in [0, 0.1) is 0 Å². The summed E-state index contributed by atoms with van der Waals surface area (Å²) in [4.78, 5) is 22.8. The fourth-order valence-corrected chi connectivity index (χ4v) is 3.24. The van der Waals surface area contributed by atoms with Crippen LogP contribution in [0.2, 0.25) is 0 Å². The number of aliphatic hydroxyl groups is 1. The summed E-state index contributed by atoms with van der Waals surface area (Å²) in [6, 6.07) is 8.32. The molecule has 2 rings (SSSR count). The summed E-state index contributed by atoms with van der Waals surface area (Å²) in [5.41, 5.74) is 1.18. The van der Waals surface area contributed by atoms with Gasteiger partial charge >= 0.3 is 5.97 Å². The summed E-state index contributed by atoms with van der Waals surface area (Å²) in [5.74, 6) is -0.428. The highest BCUT2D eigenvalue weighted by Gasteiger charge is 2.31. The molecule has 5 heteroatoms. The van der Waals surface area contributed by atoms with Crippen molar-refractivity contribution in [2.24, 2.45) is 0 Å². The summed E-state index contributed by atoms with van der Waals surface area (Å²) in [7, 11) is 0. The van der Waals surface area contributed by atoms with Gasteiger partial charge in [0.05, 0.1) is 6.61 Å². The standard InChI is InChI=1S/C23H32O5/c1-2-3-4-5-7-10-18-12-14-19(15-13-18)27-16-9-6-8-11-20(24)22-21(25)17-28-23(22)26/h12-15,24H,2-11,16-17H2,1H3/b22-20+. The minimum atomic E-state index is -0.713. The van der Waals surface area contributed by atoms with Crippen LogP contribution in [0.3, 0.4) is 0 Å². The zero-order valence-corrected chi connectivity index (χ0v) is 16.9. The molecule has 1 aliphatic heterocycles. The van der Waals surface area contributed by atoms with Crippen molar-refractivity contribution in [2.45, 2.75) is 71.1 Å². The van der Waals surface area contributed by atoms with E-state index < -0.39 is 11.8 Å². The second-order valence-corrected chi connectivity index (χ2v) is 7.29. The van der Waals surface area contributed by atoms with Crippen molar-refractivity contribution >= 4 is 11.8 Å². The third kappa shape index (κ3) is 7.37. The highest BCUT2D eigenvalue weighted by Crippen LogP contribution is 2.19. The van der Waals surface area contributed by atoms with Crippen molar-refractivity contribution in [1.29, 1.82) is 0 Å². The van der Waals surface area contributed by atoms with Crippen molar-refractivity contribution in [2.75, 3.05) is 13.2 Å². The number of hydrogen-bond donors (Lipinski definition) is 1. The van der Waals surface area contributed by atoms with Gasteiger partial charge in [0.1, 0.15) is 17.1 Å². The highest BCUT2D eigenvalue weighted by molar-refractivity contribution is 6.22. The quantitative estimate of drug-likeness (QED) is 0.168. The molecule has 1 N–H and O–H groups in total. The number of allylic oxidation sites excluding steroid dienone is 1. The maximum atomic E-state index is 11.5. The van der Waals surface area contributed by atoms with E-state index in [0.29, 0.717) is 19.4 Å². The number of Topliss-reactive ketones (excluding diaryl/α,β-unsaturated/α-hetero) is 1. The SMILES string of the molecule is CCCCCCCc1ccc(OCCCCC/C(O)=C2/C(=O)COC2=O)cc1. The molecular formula is C23H32O5. The summed E-state index contributed by atoms with van der Waals surface area (Å²) in [5, 5.41) is 9.88. The maximum Gasteiger partial charge on any atom is 0.345 e. The van der Waals surface area contributed by atoms with Crippen LogP contribution in [0.1, 0.15) is 70.3 Å². The van der Waals surface area contributed by atoms with Crippen molar-refractivity contribution in [1.82, 2.24) is 0 Å². The van der Waals surface area contributed by atoms with Gasteiger partial charge in [-0.2, -0.15) is 0 Å². The van der Waals surface area contributed by atoms with Crippen LogP contribution in [-0.2, 0) is 20.7 Å². The smallest absolute Gasteiger partial charge is 0.345 e. The topological polar surface area (TPSA) is 72.8 Å². The van der Waals surface area contributed by atoms with E-state index in [1.807, 2.05) is 12.1 Å². The lowest BCUT2D eigenvalue weighted by Gasteiger charge is -2.08. The number of carbonyl (C=O) groups is 2. The number of ether oxygens (including phenoxy) is 2. The Morgan fingerprint density at radius 3 is 2.39 bits per heavy atom. The minimum absolute atomic E-state index is 0.154. The Bertz CT molecular complexity index is 642. The summed E-state index contributed by atoms with van der Waals surface area (Å²) >= 11 is 0. The third-order valence-corrected chi connectivity index (χ3v) is 4.92. The highest BCUT2D eigenvalue weighted by atomic mass is 16.5. The molecule has 1 fully saturated rings. The fourth-order valence-electron chi connectivity index (χ4n) is 3.24. The molecular weight excluding hydrogens is 356 g/mol. The van der Waals surface area contributed by atoms with Crippen LogP contribution < -0.4 is 4.74 Å². The molecule has 0 aliphatic carbocycles. The first-order chi connectivity index (χ1) is 13.6. The van der Waals surface area contributed by atoms with E-state index in [-0.39, 0.29) is 17.9 Å². The van der Waals surface area contributed by atoms with Crippen molar-refractivity contribution in [3.05, 3.63) is 41.2 Å². The fraction of sp³-hybridized carbons (Fsp3) is 0.565. The van der Waals surface area contributed by atoms with Crippen LogP contribution >= 0.6 is 0 Å². The summed E-state index contributed by atoms with van der Waals surface area (Å²) in [6.07, 6.45) is 10.3. The Kier molecular flexibility index (Phi) is 9.60. The van der Waals surface area contributed by atoms with Gasteiger partial charge in [-0.15, -0.1) is 0 Å². The van der Waals surface area contributed by atoms with E-state index in [1.165, 1.54) is 37.7 Å². The molecule has 0 saturated carbocycles. The Morgan fingerprint density at radius 1 is 1.00 bits per heavy atom. The lowest BCUT2D eigenvalue weighted by Crippen LogP contribution is -2.06. The van der Waals surface area contributed by atoms with Gasteiger partial charge in [-0.1, -0.05) is 44.7 Å². The number of rotatable bonds is 13. The monoisotopic (exact) mass is 388 g/mol. The Hall–Kier alpha value is -2.30. The number of cyclic esters (lactones) is 1. The number of hydrogen-bond acceptors (Lipinski definition) is 5. The second-order valence-electron chi connectivity index (χ2n) is 7.29. The number of ketones is 1. The van der Waals surface area contributed by atoms with E-state index in [9.17, 15) is 14.7 Å². The zero-order chi connectivity index (χ0) is 20.2. The maximum absolute atomic E-state index is 11.5. The van der Waals surface area contributed by atoms with E-state index in [1.54, 1.807) is 0 Å². The van der Waals surface area contributed by atoms with E-state index in [4.69, 9.17) is 4.74 Å². The Labute approximate surface area is 167 Å². The van der Waals surface area contributed by atoms with Crippen LogP contribution in [-0.4, -0.2) is 30.1 Å². The second kappa shape index (κ2) is 12.2. The average Bonchev–Trinajstić information content (AvgIpc) is 3.03. The van der Waals surface area contributed by atoms with Crippen LogP contribution in [0.15, 0.2) is 35.6 Å². The molecule has 0 aromatic heterocycles. The molecule has 0 bridgehead atoms. The Morgan fingerprint density at radius 2 is 1.71 bits per heavy atom. The van der Waals surface area contributed by atoms with Gasteiger partial charge in [0.2, 0.25) is 5.78 Å². The van der Waals surface area contributed by atoms with Crippen molar-refractivity contribution < 1.29 is 24.2 Å². The van der Waals surface area contributed by atoms with Gasteiger partial charge in [-0.3, -0.25) is 4.79 Å². The normalized spacial score (nSPS) is 15.6. The first-order valence-corrected chi connectivity index (χ1v) is 10.5. The first-order valence-electron chi connectivity index (χ1n) is 10.5. The van der Waals surface area contributed by atoms with Gasteiger partial charge in [0, 0.05) is 6.42 Å². The van der Waals surface area contributed by atoms with E-state index in [0.717, 1.165) is 25.0 Å². The number of aryl methyl sites for hydroxylation is 1. The van der Waals surface area contributed by atoms with Gasteiger partial charge in [-0.05, 0) is 49.8 Å². The average molecular weight is 389 g/mol. The summed E-state index contributed by atoms with van der Waals surface area (Å²) < 4.78 is 10.4. The molecule has 1 aromatic carbocycles. The largest absolute Gasteiger partial charge is 0.511 e. The van der Waals surface area contributed by atoms with Gasteiger partial charge in [-0.25, -0.2) is 4.79 Å². The molecule has 0 atom stereocenters. The number of benzene rings is 1. The minimum Gasteiger partial charge on any atom is -0.511 e. The predicted molar refractivity (Wildman–Crippen MR) is 108 cm³/mol. The van der Waals surface area contributed by atoms with Crippen molar-refractivity contribution in [3.63, 3.8) is 0 Å². The van der Waals surface area contributed by atoms with Crippen LogP contribution in [0.25, 0.3) is 0 Å². The molecule has 5 nitrogen and oxygen atoms in total. The zero-order valence-electron chi connectivity index (χ0n) is 16.9. The van der Waals surface area contributed by atoms with Gasteiger partial charge in [0.25, 0.3) is 0 Å². The van der Waals surface area contributed by atoms with E-state index in [2.05, 4.69) is 23.8 Å². The van der Waals surface area contributed by atoms with Crippen molar-refractivity contribution in [3.8, 4) is 5.75 Å². The van der Waals surface area contributed by atoms with E-state index >= 15 is 0 Å². The third-order valence-electron chi connectivity index (χ3n) is 4.92. The molecule has 154 valence electrons. The first kappa shape index (κ1) is 22.0. The molecule has 1 saturated heterocycles. The number of aliphatic hydroxyl groups excluding tert-OH is 1. The lowest BCUT2D eigenvalue weighted by atomic mass is 10.1. The molecule has 1 aromatic rings. The molecule has 0 spiro atoms. The van der Waals surface area contributed by atoms with Gasteiger partial charge in [0.15, 0.2) is 6.61 Å². The number of carbonyl (C=O) groups excluding carboxylic acids is 2. The molecule has 1 aliphatic rings. The van der Waals surface area contributed by atoms with Crippen LogP contribution in [0.5, 0.6) is 5.75 Å². The summed E-state index contributed by atoms with van der Waals surface area (Å²) in [6.45, 7) is 2.58. The Balaban J connectivity index is 1.57. The predicted octanol–water partition coefficient (Wildman–Crippen LogP) is 5.08. The number of unbranched alkanes of at least 4 members (excludes halogenated alkanes) is 6. The van der Waals surface area contributed by atoms with Crippen LogP contribution in [0.4, 0.5) is 0 Å². The van der Waals surface area contributed by atoms with Gasteiger partial charge < -0.3 is 14.6 Å². The molecule has 28 heavy (non-hydrogen) atoms.